The summed E-state index contributed by atoms with van der Waals surface area (Å²) in [5.41, 5.74) is 3.08. The fourth-order valence-electron chi connectivity index (χ4n) is 2.95. The molecule has 162 valence electrons. The van der Waals surface area contributed by atoms with Crippen molar-refractivity contribution in [2.75, 3.05) is 26.0 Å². The molecule has 0 aliphatic heterocycles. The molecule has 0 saturated carbocycles. The summed E-state index contributed by atoms with van der Waals surface area (Å²) in [7, 11) is 3.47. The van der Waals surface area contributed by atoms with Gasteiger partial charge < -0.3 is 15.2 Å². The number of carbonyl (C=O) groups is 1. The van der Waals surface area contributed by atoms with Crippen molar-refractivity contribution in [2.45, 2.75) is 25.8 Å². The van der Waals surface area contributed by atoms with E-state index in [1.807, 2.05) is 60.5 Å². The number of likely N-dealkylation sites (N-methyl/N-ethyl adjacent to an activating group) is 1. The Bertz CT molecular complexity index is 1000. The highest BCUT2D eigenvalue weighted by Gasteiger charge is 2.31. The number of nitrogens with zero attached hydrogens (tertiary/aromatic N) is 3. The van der Waals surface area contributed by atoms with Crippen LogP contribution >= 0.6 is 0 Å². The van der Waals surface area contributed by atoms with Crippen LogP contribution in [-0.4, -0.2) is 52.2 Å². The maximum absolute atomic E-state index is 11.4. The van der Waals surface area contributed by atoms with Crippen LogP contribution in [0, 0.1) is 0 Å². The monoisotopic (exact) mass is 420 g/mol. The van der Waals surface area contributed by atoms with Crippen LogP contribution in [0.5, 0.6) is 5.75 Å². The van der Waals surface area contributed by atoms with E-state index in [0.29, 0.717) is 12.5 Å². The summed E-state index contributed by atoms with van der Waals surface area (Å²) < 4.78 is 5.18. The lowest BCUT2D eigenvalue weighted by Crippen LogP contribution is -2.48. The number of carboxylic acid groups (broad SMARTS) is 1. The Morgan fingerprint density at radius 1 is 1.03 bits per heavy atom. The normalized spacial score (nSPS) is 11.4. The molecule has 0 atom stereocenters. The molecular formula is C24H28N4O3. The molecule has 0 bridgehead atoms. The Morgan fingerprint density at radius 3 is 2.19 bits per heavy atom. The molecule has 0 radical (unpaired) electrons. The number of carboxylic acids is 1. The van der Waals surface area contributed by atoms with Crippen LogP contribution in [0.1, 0.15) is 19.4 Å². The van der Waals surface area contributed by atoms with Crippen LogP contribution in [0.25, 0.3) is 11.1 Å². The van der Waals surface area contributed by atoms with Crippen LogP contribution in [0.15, 0.2) is 60.9 Å². The van der Waals surface area contributed by atoms with Gasteiger partial charge in [-0.3, -0.25) is 9.69 Å². The first-order chi connectivity index (χ1) is 14.8. The van der Waals surface area contributed by atoms with Gasteiger partial charge in [-0.05, 0) is 62.7 Å². The molecule has 7 nitrogen and oxygen atoms in total. The molecule has 0 spiro atoms. The number of aromatic nitrogens is 2. The van der Waals surface area contributed by atoms with Crippen molar-refractivity contribution in [1.29, 1.82) is 0 Å². The minimum absolute atomic E-state index is 0.521. The number of ether oxygens (including phenoxy) is 1. The second-order valence-corrected chi connectivity index (χ2v) is 7.88. The van der Waals surface area contributed by atoms with Crippen molar-refractivity contribution >= 4 is 17.6 Å². The van der Waals surface area contributed by atoms with Crippen LogP contribution in [0.2, 0.25) is 0 Å². The molecule has 0 saturated heterocycles. The maximum Gasteiger partial charge on any atom is 0.323 e. The van der Waals surface area contributed by atoms with Crippen molar-refractivity contribution in [1.82, 2.24) is 14.9 Å². The van der Waals surface area contributed by atoms with Crippen LogP contribution in [0.3, 0.4) is 0 Å². The Labute approximate surface area is 182 Å². The van der Waals surface area contributed by atoms with Crippen molar-refractivity contribution in [3.8, 4) is 16.9 Å². The first-order valence-corrected chi connectivity index (χ1v) is 10.1. The van der Waals surface area contributed by atoms with Crippen LogP contribution < -0.4 is 10.1 Å². The minimum atomic E-state index is -0.892. The number of hydrogen-bond acceptors (Lipinski definition) is 6. The van der Waals surface area contributed by atoms with E-state index in [2.05, 4.69) is 15.3 Å². The molecule has 31 heavy (non-hydrogen) atoms. The number of methoxy groups -OCH3 is 1. The highest BCUT2D eigenvalue weighted by molar-refractivity contribution is 5.77. The van der Waals surface area contributed by atoms with E-state index in [1.165, 1.54) is 0 Å². The largest absolute Gasteiger partial charge is 0.497 e. The summed E-state index contributed by atoms with van der Waals surface area (Å²) in [6, 6.07) is 15.7. The zero-order valence-electron chi connectivity index (χ0n) is 18.3. The van der Waals surface area contributed by atoms with Crippen molar-refractivity contribution in [3.63, 3.8) is 0 Å². The molecule has 0 unspecified atom stereocenters. The molecule has 3 rings (SSSR count). The number of rotatable bonds is 9. The van der Waals surface area contributed by atoms with E-state index < -0.39 is 11.5 Å². The smallest absolute Gasteiger partial charge is 0.323 e. The fraction of sp³-hybridized carbons (Fsp3) is 0.292. The standard InChI is InChI=1S/C24H28N4O3/c1-24(2,22(29)30)28(3)14-13-17-5-9-20(10-6-17)27-23-25-15-19(16-26-23)18-7-11-21(31-4)12-8-18/h5-12,15-16H,13-14H2,1-4H3,(H,29,30)(H,25,26,27). The third-order valence-corrected chi connectivity index (χ3v) is 5.50. The van der Waals surface area contributed by atoms with Gasteiger partial charge >= 0.3 is 5.97 Å². The first kappa shape index (κ1) is 22.2. The third kappa shape index (κ3) is 5.58. The number of benzene rings is 2. The van der Waals surface area contributed by atoms with Gasteiger partial charge in [0.25, 0.3) is 0 Å². The lowest BCUT2D eigenvalue weighted by atomic mass is 10.0. The third-order valence-electron chi connectivity index (χ3n) is 5.50. The van der Waals surface area contributed by atoms with Gasteiger partial charge in [-0.2, -0.15) is 0 Å². The van der Waals surface area contributed by atoms with Gasteiger partial charge in [0.15, 0.2) is 0 Å². The summed E-state index contributed by atoms with van der Waals surface area (Å²) in [6.07, 6.45) is 4.33. The SMILES string of the molecule is COc1ccc(-c2cnc(Nc3ccc(CCN(C)C(C)(C)C(=O)O)cc3)nc2)cc1. The van der Waals surface area contributed by atoms with E-state index in [-0.39, 0.29) is 0 Å². The number of anilines is 2. The number of nitrogens with one attached hydrogen (secondary N) is 1. The van der Waals surface area contributed by atoms with Gasteiger partial charge in [-0.1, -0.05) is 24.3 Å². The zero-order valence-corrected chi connectivity index (χ0v) is 18.3. The van der Waals surface area contributed by atoms with E-state index in [1.54, 1.807) is 33.4 Å². The van der Waals surface area contributed by atoms with Gasteiger partial charge in [0.1, 0.15) is 11.3 Å². The van der Waals surface area contributed by atoms with E-state index in [4.69, 9.17) is 4.74 Å². The van der Waals surface area contributed by atoms with E-state index >= 15 is 0 Å². The molecule has 0 aliphatic rings. The van der Waals surface area contributed by atoms with Crippen LogP contribution in [-0.2, 0) is 11.2 Å². The zero-order chi connectivity index (χ0) is 22.4. The van der Waals surface area contributed by atoms with Gasteiger partial charge in [-0.15, -0.1) is 0 Å². The second kappa shape index (κ2) is 9.57. The van der Waals surface area contributed by atoms with Gasteiger partial charge in [0.2, 0.25) is 5.95 Å². The molecule has 7 heteroatoms. The summed E-state index contributed by atoms with van der Waals surface area (Å²) in [6.45, 7) is 4.08. The topological polar surface area (TPSA) is 87.6 Å². The summed E-state index contributed by atoms with van der Waals surface area (Å²) in [4.78, 5) is 22.0. The Hall–Kier alpha value is -3.45. The van der Waals surface area contributed by atoms with Crippen molar-refractivity contribution in [3.05, 3.63) is 66.5 Å². The van der Waals surface area contributed by atoms with E-state index in [0.717, 1.165) is 34.5 Å². The molecule has 3 aromatic rings. The number of aliphatic carboxylic acids is 1. The summed E-state index contributed by atoms with van der Waals surface area (Å²) >= 11 is 0. The predicted octanol–water partition coefficient (Wildman–Crippen LogP) is 4.23. The van der Waals surface area contributed by atoms with Crippen LogP contribution in [0.4, 0.5) is 11.6 Å². The van der Waals surface area contributed by atoms with Gasteiger partial charge in [-0.25, -0.2) is 9.97 Å². The lowest BCUT2D eigenvalue weighted by Gasteiger charge is -2.31. The summed E-state index contributed by atoms with van der Waals surface area (Å²) in [5, 5.41) is 12.5. The highest BCUT2D eigenvalue weighted by atomic mass is 16.5. The minimum Gasteiger partial charge on any atom is -0.497 e. The Kier molecular flexibility index (Phi) is 6.87. The predicted molar refractivity (Wildman–Crippen MR) is 122 cm³/mol. The van der Waals surface area contributed by atoms with Gasteiger partial charge in [0, 0.05) is 30.2 Å². The average Bonchev–Trinajstić information content (AvgIpc) is 2.79. The second-order valence-electron chi connectivity index (χ2n) is 7.88. The molecule has 1 aromatic heterocycles. The Morgan fingerprint density at radius 2 is 1.65 bits per heavy atom. The summed E-state index contributed by atoms with van der Waals surface area (Å²) in [5.74, 6) is 0.504. The first-order valence-electron chi connectivity index (χ1n) is 10.1. The average molecular weight is 421 g/mol. The Balaban J connectivity index is 1.57. The maximum atomic E-state index is 11.4. The molecule has 0 amide bonds. The molecule has 2 N–H and O–H groups in total. The number of hydrogen-bond donors (Lipinski definition) is 2. The van der Waals surface area contributed by atoms with Gasteiger partial charge in [0.05, 0.1) is 7.11 Å². The quantitative estimate of drug-likeness (QED) is 0.535. The lowest BCUT2D eigenvalue weighted by molar-refractivity contribution is -0.148. The van der Waals surface area contributed by atoms with Crippen molar-refractivity contribution < 1.29 is 14.6 Å². The highest BCUT2D eigenvalue weighted by Crippen LogP contribution is 2.22. The van der Waals surface area contributed by atoms with Crippen molar-refractivity contribution in [2.24, 2.45) is 0 Å². The molecule has 0 aliphatic carbocycles. The van der Waals surface area contributed by atoms with E-state index in [9.17, 15) is 9.90 Å². The molecule has 2 aromatic carbocycles. The fourth-order valence-corrected chi connectivity index (χ4v) is 2.95. The molecule has 1 heterocycles. The molecular weight excluding hydrogens is 392 g/mol. The molecule has 0 fully saturated rings.